The van der Waals surface area contributed by atoms with Crippen LogP contribution in [-0.4, -0.2) is 25.2 Å². The summed E-state index contributed by atoms with van der Waals surface area (Å²) >= 11 is 0. The highest BCUT2D eigenvalue weighted by Gasteiger charge is 2.39. The van der Waals surface area contributed by atoms with E-state index in [9.17, 15) is 13.2 Å². The smallest absolute Gasteiger partial charge is 0.159 e. The number of benzene rings is 2. The largest absolute Gasteiger partial charge is 0.298 e. The van der Waals surface area contributed by atoms with Crippen LogP contribution in [0.5, 0.6) is 0 Å². The second-order valence-corrected chi connectivity index (χ2v) is 9.17. The summed E-state index contributed by atoms with van der Waals surface area (Å²) in [5.41, 5.74) is 3.01. The molecule has 0 bridgehead atoms. The van der Waals surface area contributed by atoms with E-state index in [2.05, 4.69) is 11.8 Å². The fourth-order valence-electron chi connectivity index (χ4n) is 2.67. The first kappa shape index (κ1) is 19.9. The Morgan fingerprint density at radius 1 is 0.962 bits per heavy atom. The molecule has 0 spiro atoms. The molecule has 0 radical (unpaired) electrons. The fraction of sp³-hybridized carbons (Fsp3) is 0.318. The molecule has 0 aliphatic heterocycles. The van der Waals surface area contributed by atoms with Crippen molar-refractivity contribution in [3.05, 3.63) is 71.3 Å². The first-order valence-electron chi connectivity index (χ1n) is 8.59. The quantitative estimate of drug-likeness (QED) is 0.729. The average Bonchev–Trinajstić information content (AvgIpc) is 2.60. The second-order valence-electron chi connectivity index (χ2n) is 6.73. The molecule has 0 saturated carbocycles. The summed E-state index contributed by atoms with van der Waals surface area (Å²) in [6.07, 6.45) is 2.83. The normalized spacial score (nSPS) is 13.3. The zero-order valence-corrected chi connectivity index (χ0v) is 16.3. The van der Waals surface area contributed by atoms with Crippen LogP contribution in [0.15, 0.2) is 54.6 Å². The molecule has 0 amide bonds. The molecule has 4 heteroatoms. The van der Waals surface area contributed by atoms with E-state index in [1.54, 1.807) is 0 Å². The number of hydrogen-bond acceptors (Lipinski definition) is 3. The summed E-state index contributed by atoms with van der Waals surface area (Å²) in [6.45, 7) is 2.87. The van der Waals surface area contributed by atoms with Gasteiger partial charge in [0.15, 0.2) is 15.6 Å². The van der Waals surface area contributed by atoms with Crippen LogP contribution in [-0.2, 0) is 21.1 Å². The molecule has 0 heterocycles. The maximum absolute atomic E-state index is 11.9. The molecule has 136 valence electrons. The van der Waals surface area contributed by atoms with E-state index in [-0.39, 0.29) is 5.78 Å². The Morgan fingerprint density at radius 3 is 2.00 bits per heavy atom. The topological polar surface area (TPSA) is 51.2 Å². The minimum absolute atomic E-state index is 0.300. The molecule has 0 N–H and O–H groups in total. The molecule has 0 fully saturated rings. The average molecular weight is 368 g/mol. The lowest BCUT2D eigenvalue weighted by Crippen LogP contribution is -2.41. The minimum atomic E-state index is -3.43. The maximum atomic E-state index is 11.9. The van der Waals surface area contributed by atoms with E-state index in [0.29, 0.717) is 12.8 Å². The van der Waals surface area contributed by atoms with Crippen LogP contribution in [0.3, 0.4) is 0 Å². The Bertz CT molecular complexity index is 917. The third-order valence-electron chi connectivity index (χ3n) is 4.76. The van der Waals surface area contributed by atoms with Gasteiger partial charge >= 0.3 is 0 Å². The minimum Gasteiger partial charge on any atom is -0.298 e. The number of aryl methyl sites for hydroxylation is 1. The molecular formula is C22H24O3S. The van der Waals surface area contributed by atoms with Gasteiger partial charge in [-0.25, -0.2) is 8.42 Å². The Labute approximate surface area is 156 Å². The van der Waals surface area contributed by atoms with Crippen molar-refractivity contribution in [3.8, 4) is 11.8 Å². The third kappa shape index (κ3) is 5.06. The molecule has 0 aliphatic rings. The van der Waals surface area contributed by atoms with Crippen LogP contribution < -0.4 is 0 Å². The van der Waals surface area contributed by atoms with Gasteiger partial charge in [0.05, 0.1) is 0 Å². The monoisotopic (exact) mass is 368 g/mol. The number of carbonyl (C=O) groups is 1. The third-order valence-corrected chi connectivity index (χ3v) is 6.89. The van der Waals surface area contributed by atoms with E-state index in [0.717, 1.165) is 29.4 Å². The first-order valence-corrected chi connectivity index (χ1v) is 10.5. The zero-order valence-electron chi connectivity index (χ0n) is 15.5. The summed E-state index contributed by atoms with van der Waals surface area (Å²) in [5.74, 6) is 5.95. The van der Waals surface area contributed by atoms with Gasteiger partial charge in [0.25, 0.3) is 0 Å². The van der Waals surface area contributed by atoms with Crippen LogP contribution in [0.25, 0.3) is 0 Å². The molecule has 0 saturated heterocycles. The Morgan fingerprint density at radius 2 is 1.50 bits per heavy atom. The summed E-state index contributed by atoms with van der Waals surface area (Å²) in [5, 5.41) is 0. The van der Waals surface area contributed by atoms with Crippen LogP contribution in [0.1, 0.15) is 43.4 Å². The van der Waals surface area contributed by atoms with Gasteiger partial charge in [0.2, 0.25) is 0 Å². The molecule has 0 aromatic heterocycles. The molecule has 1 unspecified atom stereocenters. The molecule has 2 rings (SSSR count). The summed E-state index contributed by atoms with van der Waals surface area (Å²) in [4.78, 5) is 11.8. The van der Waals surface area contributed by atoms with E-state index < -0.39 is 14.6 Å². The number of Topliss-reactive ketones (excluding diaryl/α,β-unsaturated/α-hetero) is 1. The lowest BCUT2D eigenvalue weighted by Gasteiger charge is -2.24. The molecule has 2 aromatic carbocycles. The zero-order chi connectivity index (χ0) is 19.2. The van der Waals surface area contributed by atoms with Gasteiger partial charge in [-0.3, -0.25) is 4.79 Å². The van der Waals surface area contributed by atoms with Gasteiger partial charge in [0, 0.05) is 17.4 Å². The molecule has 1 atom stereocenters. The molecule has 0 aliphatic carbocycles. The number of rotatable bonds is 6. The number of sulfone groups is 1. The standard InChI is InChI=1S/C22H24O3S/c1-18(23)22(2,26(3,24)25)17-7-10-20-12-15-21(16-13-20)14-11-19-8-5-4-6-9-19/h4-6,8-9,12-13,15-16H,7,10,17H2,1-3H3. The Kier molecular flexibility index (Phi) is 6.39. The van der Waals surface area contributed by atoms with Crippen molar-refractivity contribution in [2.75, 3.05) is 6.26 Å². The molecule has 3 nitrogen and oxygen atoms in total. The Hall–Kier alpha value is -2.38. The van der Waals surface area contributed by atoms with Crippen LogP contribution in [0.4, 0.5) is 0 Å². The summed E-state index contributed by atoms with van der Waals surface area (Å²) in [6, 6.07) is 17.7. The number of hydrogen-bond donors (Lipinski definition) is 0. The predicted molar refractivity (Wildman–Crippen MR) is 106 cm³/mol. The van der Waals surface area contributed by atoms with E-state index in [1.807, 2.05) is 54.6 Å². The lowest BCUT2D eigenvalue weighted by molar-refractivity contribution is -0.119. The van der Waals surface area contributed by atoms with Gasteiger partial charge in [-0.1, -0.05) is 42.2 Å². The van der Waals surface area contributed by atoms with E-state index in [1.165, 1.54) is 13.8 Å². The van der Waals surface area contributed by atoms with Gasteiger partial charge < -0.3 is 0 Å². The van der Waals surface area contributed by atoms with E-state index >= 15 is 0 Å². The number of ketones is 1. The molecule has 2 aromatic rings. The van der Waals surface area contributed by atoms with Crippen molar-refractivity contribution in [1.29, 1.82) is 0 Å². The fourth-order valence-corrected chi connectivity index (χ4v) is 3.71. The van der Waals surface area contributed by atoms with Crippen molar-refractivity contribution in [3.63, 3.8) is 0 Å². The van der Waals surface area contributed by atoms with Gasteiger partial charge in [-0.15, -0.1) is 0 Å². The van der Waals surface area contributed by atoms with Crippen LogP contribution >= 0.6 is 0 Å². The number of carbonyl (C=O) groups excluding carboxylic acids is 1. The predicted octanol–water partition coefficient (Wildman–Crippen LogP) is 3.80. The van der Waals surface area contributed by atoms with Crippen molar-refractivity contribution < 1.29 is 13.2 Å². The van der Waals surface area contributed by atoms with E-state index in [4.69, 9.17) is 0 Å². The molecular weight excluding hydrogens is 344 g/mol. The second kappa shape index (κ2) is 8.33. The highest BCUT2D eigenvalue weighted by atomic mass is 32.2. The Balaban J connectivity index is 1.98. The summed E-state index contributed by atoms with van der Waals surface area (Å²) < 4.78 is 22.6. The molecule has 26 heavy (non-hydrogen) atoms. The van der Waals surface area contributed by atoms with Gasteiger partial charge in [0.1, 0.15) is 4.75 Å². The van der Waals surface area contributed by atoms with Crippen molar-refractivity contribution in [2.45, 2.75) is 37.9 Å². The van der Waals surface area contributed by atoms with Gasteiger partial charge in [-0.2, -0.15) is 0 Å². The van der Waals surface area contributed by atoms with Crippen molar-refractivity contribution in [2.24, 2.45) is 0 Å². The lowest BCUT2D eigenvalue weighted by atomic mass is 9.97. The van der Waals surface area contributed by atoms with Crippen LogP contribution in [0.2, 0.25) is 0 Å². The summed E-state index contributed by atoms with van der Waals surface area (Å²) in [7, 11) is -3.43. The maximum Gasteiger partial charge on any atom is 0.159 e. The van der Waals surface area contributed by atoms with Crippen molar-refractivity contribution in [1.82, 2.24) is 0 Å². The van der Waals surface area contributed by atoms with Gasteiger partial charge in [-0.05, 0) is 62.9 Å². The highest BCUT2D eigenvalue weighted by molar-refractivity contribution is 7.92. The first-order chi connectivity index (χ1) is 12.2. The van der Waals surface area contributed by atoms with Crippen LogP contribution in [0, 0.1) is 11.8 Å². The van der Waals surface area contributed by atoms with Crippen molar-refractivity contribution >= 4 is 15.6 Å². The SMILES string of the molecule is CC(=O)C(C)(CCCc1ccc(C#Cc2ccccc2)cc1)S(C)(=O)=O. The highest BCUT2D eigenvalue weighted by Crippen LogP contribution is 2.25.